The van der Waals surface area contributed by atoms with Crippen molar-refractivity contribution in [2.24, 2.45) is 7.05 Å². The first-order valence-corrected chi connectivity index (χ1v) is 18.7. The molecule has 6 aromatic rings. The summed E-state index contributed by atoms with van der Waals surface area (Å²) in [5, 5.41) is 16.2. The molecule has 1 unspecified atom stereocenters. The number of piperidine rings is 1. The van der Waals surface area contributed by atoms with Gasteiger partial charge in [0.1, 0.15) is 23.7 Å². The van der Waals surface area contributed by atoms with Gasteiger partial charge < -0.3 is 16.0 Å². The first-order valence-electron chi connectivity index (χ1n) is 18.7. The van der Waals surface area contributed by atoms with Crippen molar-refractivity contribution in [3.05, 3.63) is 105 Å². The maximum atomic E-state index is 13.6. The number of imide groups is 1. The van der Waals surface area contributed by atoms with E-state index in [2.05, 4.69) is 36.3 Å². The van der Waals surface area contributed by atoms with Crippen molar-refractivity contribution in [1.82, 2.24) is 43.9 Å². The molecule has 0 spiro atoms. The molecule has 1 saturated heterocycles. The Kier molecular flexibility index (Phi) is 9.88. The normalized spacial score (nSPS) is 17.9. The molecule has 288 valence electrons. The van der Waals surface area contributed by atoms with Crippen molar-refractivity contribution in [3.63, 3.8) is 0 Å². The van der Waals surface area contributed by atoms with E-state index in [1.54, 1.807) is 60.4 Å². The Labute approximate surface area is 318 Å². The van der Waals surface area contributed by atoms with E-state index in [1.165, 1.54) is 19.8 Å². The summed E-state index contributed by atoms with van der Waals surface area (Å²) >= 11 is 0. The first-order chi connectivity index (χ1) is 27.2. The maximum absolute atomic E-state index is 13.6. The summed E-state index contributed by atoms with van der Waals surface area (Å²) in [7, 11) is 1.71. The molecule has 6 heterocycles. The maximum Gasteiger partial charge on any atom is 0.329 e. The zero-order valence-corrected chi connectivity index (χ0v) is 30.6. The number of carbonyl (C=O) groups is 3. The fraction of sp³-hybridized carbons (Fsp3) is 0.333. The molecular weight excluding hydrogens is 721 g/mol. The third-order valence-electron chi connectivity index (χ3n) is 10.2. The minimum Gasteiger partial charge on any atom is -0.382 e. The number of fused-ring (bicyclic) bond motifs is 2. The summed E-state index contributed by atoms with van der Waals surface area (Å²) in [4.78, 5) is 72.9. The lowest BCUT2D eigenvalue weighted by Crippen LogP contribution is -2.44. The molecule has 2 aliphatic rings. The summed E-state index contributed by atoms with van der Waals surface area (Å²) < 4.78 is 19.5. The van der Waals surface area contributed by atoms with Gasteiger partial charge in [-0.2, -0.15) is 0 Å². The number of para-hydroxylation sites is 1. The Morgan fingerprint density at radius 2 is 1.82 bits per heavy atom. The summed E-state index contributed by atoms with van der Waals surface area (Å²) in [5.41, 5.74) is 3.20. The number of nitrogens with zero attached hydrogens (tertiary/aromatic N) is 7. The first kappa shape index (κ1) is 36.3. The number of imidazole rings is 2. The van der Waals surface area contributed by atoms with Crippen molar-refractivity contribution >= 4 is 51.6 Å². The highest BCUT2D eigenvalue weighted by atomic mass is 19.1. The molecule has 8 rings (SSSR count). The van der Waals surface area contributed by atoms with Crippen molar-refractivity contribution in [1.29, 1.82) is 0 Å². The van der Waals surface area contributed by atoms with E-state index in [0.29, 0.717) is 29.2 Å². The molecule has 17 heteroatoms. The Balaban J connectivity index is 0.943. The van der Waals surface area contributed by atoms with Crippen LogP contribution in [0.5, 0.6) is 0 Å². The van der Waals surface area contributed by atoms with Gasteiger partial charge in [0.15, 0.2) is 17.2 Å². The van der Waals surface area contributed by atoms with Crippen LogP contribution in [0.3, 0.4) is 0 Å². The van der Waals surface area contributed by atoms with Gasteiger partial charge in [0.25, 0.3) is 11.5 Å². The van der Waals surface area contributed by atoms with E-state index in [1.807, 2.05) is 18.2 Å². The van der Waals surface area contributed by atoms with Crippen LogP contribution in [0.25, 0.3) is 22.5 Å². The van der Waals surface area contributed by atoms with Crippen LogP contribution in [-0.4, -0.2) is 69.8 Å². The smallest absolute Gasteiger partial charge is 0.329 e. The van der Waals surface area contributed by atoms with Crippen molar-refractivity contribution in [2.75, 3.05) is 17.2 Å². The van der Waals surface area contributed by atoms with E-state index >= 15 is 0 Å². The van der Waals surface area contributed by atoms with Gasteiger partial charge in [-0.25, -0.2) is 23.7 Å². The summed E-state index contributed by atoms with van der Waals surface area (Å²) in [6, 6.07) is 14.8. The molecule has 1 aliphatic heterocycles. The zero-order chi connectivity index (χ0) is 38.9. The number of unbranched alkanes of at least 4 members (excludes halogenated alkanes) is 3. The molecule has 0 bridgehead atoms. The average Bonchev–Trinajstić information content (AvgIpc) is 3.59. The van der Waals surface area contributed by atoms with Gasteiger partial charge in [0.05, 0.1) is 29.0 Å². The molecule has 1 saturated carbocycles. The minimum absolute atomic E-state index is 0.129. The molecule has 3 atom stereocenters. The molecular formula is C39H40FN11O5. The Morgan fingerprint density at radius 3 is 2.61 bits per heavy atom. The van der Waals surface area contributed by atoms with Gasteiger partial charge in [0, 0.05) is 44.9 Å². The van der Waals surface area contributed by atoms with Crippen LogP contribution in [0.1, 0.15) is 67.0 Å². The standard InChI is InChI=1S/C39H40FN11O5/c1-48-34-23(11-8-13-28(34)50(39(48)56)29-15-16-33(52)46-36(29)53)10-4-2-3-6-17-41-27-21-31(44-25-12-9-19-49(38(25)55)32-14-5-7-18-42-32)47-51-30(22-43-35(27)51)37(54)45-26-20-24(26)40/h5,7-9,11-14,18-19,21-22,24,26,29,41H,2-4,6,10,15-17,20H2,1H3,(H,44,47)(H,45,54)(H,46,52,53)/t24-,26+,29?/m0/s1. The van der Waals surface area contributed by atoms with E-state index in [0.717, 1.165) is 43.2 Å². The number of hydrogen-bond donors (Lipinski definition) is 4. The lowest BCUT2D eigenvalue weighted by Gasteiger charge is -2.21. The summed E-state index contributed by atoms with van der Waals surface area (Å²) in [5.74, 6) is -0.545. The zero-order valence-electron chi connectivity index (χ0n) is 30.6. The van der Waals surface area contributed by atoms with E-state index in [9.17, 15) is 28.4 Å². The second-order valence-electron chi connectivity index (χ2n) is 14.1. The second-order valence-corrected chi connectivity index (χ2v) is 14.1. The number of rotatable bonds is 14. The number of alkyl halides is 1. The van der Waals surface area contributed by atoms with Crippen LogP contribution in [0, 0.1) is 0 Å². The number of anilines is 3. The predicted molar refractivity (Wildman–Crippen MR) is 206 cm³/mol. The largest absolute Gasteiger partial charge is 0.382 e. The number of halogens is 1. The fourth-order valence-electron chi connectivity index (χ4n) is 7.24. The Bertz CT molecular complexity index is 2600. The van der Waals surface area contributed by atoms with Crippen molar-refractivity contribution < 1.29 is 18.8 Å². The van der Waals surface area contributed by atoms with Crippen LogP contribution >= 0.6 is 0 Å². The minimum atomic E-state index is -1.07. The van der Waals surface area contributed by atoms with Crippen LogP contribution < -0.4 is 32.5 Å². The molecule has 0 radical (unpaired) electrons. The van der Waals surface area contributed by atoms with Crippen LogP contribution in [0.2, 0.25) is 0 Å². The Hall–Kier alpha value is -6.65. The lowest BCUT2D eigenvalue weighted by atomic mass is 10.0. The van der Waals surface area contributed by atoms with Crippen LogP contribution in [0.15, 0.2) is 82.8 Å². The van der Waals surface area contributed by atoms with Gasteiger partial charge in [-0.15, -0.1) is 5.10 Å². The number of carbonyl (C=O) groups excluding carboxylic acids is 3. The van der Waals surface area contributed by atoms with E-state index in [-0.39, 0.29) is 53.6 Å². The second kappa shape index (κ2) is 15.2. The van der Waals surface area contributed by atoms with E-state index in [4.69, 9.17) is 0 Å². The molecule has 2 fully saturated rings. The van der Waals surface area contributed by atoms with Crippen LogP contribution in [0.4, 0.5) is 21.6 Å². The average molecular weight is 762 g/mol. The van der Waals surface area contributed by atoms with Gasteiger partial charge >= 0.3 is 5.69 Å². The quantitative estimate of drug-likeness (QED) is 0.0941. The fourth-order valence-corrected chi connectivity index (χ4v) is 7.24. The Morgan fingerprint density at radius 1 is 0.982 bits per heavy atom. The number of hydrogen-bond acceptors (Lipinski definition) is 10. The molecule has 1 aromatic carbocycles. The highest BCUT2D eigenvalue weighted by Gasteiger charge is 2.39. The molecule has 5 aromatic heterocycles. The monoisotopic (exact) mass is 761 g/mol. The number of amides is 3. The number of aromatic nitrogens is 7. The van der Waals surface area contributed by atoms with Gasteiger partial charge in [-0.1, -0.05) is 31.0 Å². The number of nitrogens with one attached hydrogen (secondary N) is 4. The summed E-state index contributed by atoms with van der Waals surface area (Å²) in [6.07, 6.45) is 8.51. The SMILES string of the molecule is Cn1c(=O)n(C2CCC(=O)NC2=O)c2cccc(CCCCCCNc3cc(Nc4cccn(-c5ccccn5)c4=O)nn4c(C(=O)N[C@@H]5C[C@@H]5F)cnc34)c21. The summed E-state index contributed by atoms with van der Waals surface area (Å²) in [6.45, 7) is 0.579. The van der Waals surface area contributed by atoms with Crippen molar-refractivity contribution in [2.45, 2.75) is 69.6 Å². The third-order valence-corrected chi connectivity index (χ3v) is 10.2. The topological polar surface area (TPSA) is 191 Å². The van der Waals surface area contributed by atoms with Crippen LogP contribution in [-0.2, 0) is 23.1 Å². The number of benzene rings is 1. The third kappa shape index (κ3) is 7.14. The highest BCUT2D eigenvalue weighted by Crippen LogP contribution is 2.28. The number of aryl methyl sites for hydroxylation is 2. The van der Waals surface area contributed by atoms with Gasteiger partial charge in [0.2, 0.25) is 11.8 Å². The molecule has 3 amide bonds. The van der Waals surface area contributed by atoms with Gasteiger partial charge in [-0.3, -0.25) is 38.2 Å². The molecule has 56 heavy (non-hydrogen) atoms. The predicted octanol–water partition coefficient (Wildman–Crippen LogP) is 3.71. The highest BCUT2D eigenvalue weighted by molar-refractivity contribution is 6.00. The van der Waals surface area contributed by atoms with E-state index < -0.39 is 30.1 Å². The molecule has 4 N–H and O–H groups in total. The van der Waals surface area contributed by atoms with Crippen molar-refractivity contribution in [3.8, 4) is 5.82 Å². The lowest BCUT2D eigenvalue weighted by molar-refractivity contribution is -0.135. The molecule has 16 nitrogen and oxygen atoms in total. The molecule has 1 aliphatic carbocycles. The van der Waals surface area contributed by atoms with Gasteiger partial charge in [-0.05, 0) is 61.6 Å². The number of pyridine rings is 2.